The Balaban J connectivity index is 1.20. The molecule has 7 rings (SSSR count). The summed E-state index contributed by atoms with van der Waals surface area (Å²) < 4.78 is 62.4. The average molecular weight is 852 g/mol. The lowest BCUT2D eigenvalue weighted by molar-refractivity contribution is -0.0341. The SMILES string of the molecule is C[C@@]1(P(=O)(O)OCCC#N)CC(n2cnc3c(NC(=O)c4ccccc4)ncnc32)OC1COP(=O)(OCCC#N)[C@]1(C)CC(n2cnc3c(=O)[nH]cnc32)OC1CO. The molecule has 4 N–H and O–H groups in total. The Morgan fingerprint density at radius 2 is 1.54 bits per heavy atom. The summed E-state index contributed by atoms with van der Waals surface area (Å²) in [5.74, 6) is -0.345. The van der Waals surface area contributed by atoms with Crippen LogP contribution in [0.4, 0.5) is 5.82 Å². The zero-order valence-corrected chi connectivity index (χ0v) is 33.4. The lowest BCUT2D eigenvalue weighted by atomic mass is 10.0. The van der Waals surface area contributed by atoms with Crippen molar-refractivity contribution in [3.05, 3.63) is 71.6 Å². The second-order valence-corrected chi connectivity index (χ2v) is 19.0. The van der Waals surface area contributed by atoms with Gasteiger partial charge in [0, 0.05) is 18.4 Å². The van der Waals surface area contributed by atoms with Crippen molar-refractivity contribution in [1.29, 1.82) is 10.5 Å². The number of benzene rings is 1. The largest absolute Gasteiger partial charge is 0.394 e. The van der Waals surface area contributed by atoms with Crippen LogP contribution >= 0.6 is 15.2 Å². The van der Waals surface area contributed by atoms with Crippen LogP contribution in [0.1, 0.15) is 62.3 Å². The van der Waals surface area contributed by atoms with E-state index in [-0.39, 0.29) is 67.0 Å². The number of imidazole rings is 2. The number of aromatic nitrogens is 8. The number of fused-ring (bicyclic) bond motifs is 2. The van der Waals surface area contributed by atoms with E-state index in [0.29, 0.717) is 5.56 Å². The van der Waals surface area contributed by atoms with Gasteiger partial charge >= 0.3 is 15.2 Å². The van der Waals surface area contributed by atoms with E-state index in [1.54, 1.807) is 30.3 Å². The molecule has 1 aromatic carbocycles. The molecule has 2 saturated heterocycles. The number of amides is 1. The molecule has 0 aliphatic carbocycles. The number of aliphatic hydroxyl groups excluding tert-OH is 1. The molecular formula is C35H39N11O11P2. The van der Waals surface area contributed by atoms with E-state index in [1.807, 2.05) is 12.1 Å². The van der Waals surface area contributed by atoms with Crippen molar-refractivity contribution in [2.45, 2.75) is 74.5 Å². The number of rotatable bonds is 16. The molecule has 2 aliphatic rings. The Kier molecular flexibility index (Phi) is 11.9. The van der Waals surface area contributed by atoms with Gasteiger partial charge in [-0.15, -0.1) is 0 Å². The molecule has 2 aliphatic heterocycles. The van der Waals surface area contributed by atoms with Crippen LogP contribution in [0, 0.1) is 22.7 Å². The Bertz CT molecular complexity index is 2590. The summed E-state index contributed by atoms with van der Waals surface area (Å²) in [5.41, 5.74) is 0.473. The summed E-state index contributed by atoms with van der Waals surface area (Å²) >= 11 is 0. The number of hydrogen-bond donors (Lipinski definition) is 4. The first kappa shape index (κ1) is 41.9. The zero-order chi connectivity index (χ0) is 42.0. The molecule has 2 fully saturated rings. The van der Waals surface area contributed by atoms with Gasteiger partial charge in [-0.1, -0.05) is 18.2 Å². The molecule has 1 amide bonds. The minimum Gasteiger partial charge on any atom is -0.394 e. The van der Waals surface area contributed by atoms with Gasteiger partial charge in [-0.3, -0.25) is 27.9 Å². The fourth-order valence-corrected chi connectivity index (χ4v) is 10.9. The Hall–Kier alpha value is -5.25. The highest BCUT2D eigenvalue weighted by Crippen LogP contribution is 2.69. The number of ether oxygens (including phenoxy) is 2. The van der Waals surface area contributed by atoms with Gasteiger partial charge < -0.3 is 43.3 Å². The van der Waals surface area contributed by atoms with Crippen molar-refractivity contribution < 1.29 is 47.0 Å². The van der Waals surface area contributed by atoms with Gasteiger partial charge in [-0.2, -0.15) is 10.5 Å². The van der Waals surface area contributed by atoms with Crippen molar-refractivity contribution in [3.8, 4) is 12.1 Å². The second kappa shape index (κ2) is 16.8. The standard InChI is InChI=1S/C35H39N11O11P2/c1-34(58(50,51)53-12-6-10-36)14-25(45-20-42-27-29(38-18-39-30(27)45)44-32(48)22-8-4-3-5-9-22)57-24(34)17-55-59(52,54-13-7-11-37)35(2)15-26(56-23(35)16-47)46-21-43-28-31(46)40-19-41-33(28)49/h3-5,8-9,18-21,23-26,47H,6-7,12-17H2,1-2H3,(H,50,51)(H,40,41,49)(H,38,39,44,48)/t23?,24?,25?,26?,34-,35-,59?/m1/s1. The van der Waals surface area contributed by atoms with Crippen molar-refractivity contribution in [3.63, 3.8) is 0 Å². The van der Waals surface area contributed by atoms with Gasteiger partial charge in [0.15, 0.2) is 28.1 Å². The number of aromatic amines is 1. The third-order valence-corrected chi connectivity index (χ3v) is 15.6. The molecule has 6 heterocycles. The van der Waals surface area contributed by atoms with Crippen LogP contribution in [-0.4, -0.2) is 104 Å². The summed E-state index contributed by atoms with van der Waals surface area (Å²) in [5, 5.41) is 28.3. The van der Waals surface area contributed by atoms with Gasteiger partial charge in [-0.05, 0) is 26.0 Å². The number of carbonyl (C=O) groups excluding carboxylic acids is 1. The summed E-state index contributed by atoms with van der Waals surface area (Å²) in [6.45, 7) is 0.948. The summed E-state index contributed by atoms with van der Waals surface area (Å²) in [7, 11) is -9.22. The average Bonchev–Trinajstić information content (AvgIpc) is 4.02. The highest BCUT2D eigenvalue weighted by atomic mass is 31.2. The fraction of sp³-hybridized carbons (Fsp3) is 0.457. The lowest BCUT2D eigenvalue weighted by Gasteiger charge is -2.37. The minimum atomic E-state index is -4.70. The van der Waals surface area contributed by atoms with Crippen molar-refractivity contribution in [2.24, 2.45) is 0 Å². The Labute approximate surface area is 335 Å². The molecule has 0 radical (unpaired) electrons. The number of aliphatic hydroxyl groups is 1. The highest BCUT2D eigenvalue weighted by molar-refractivity contribution is 7.55. The molecule has 4 aromatic heterocycles. The van der Waals surface area contributed by atoms with Crippen LogP contribution in [0.2, 0.25) is 0 Å². The molecule has 22 nitrogen and oxygen atoms in total. The van der Waals surface area contributed by atoms with Crippen molar-refractivity contribution >= 4 is 49.2 Å². The fourth-order valence-electron chi connectivity index (χ4n) is 7.18. The number of nitrogens with one attached hydrogen (secondary N) is 2. The lowest BCUT2D eigenvalue weighted by Crippen LogP contribution is -2.42. The zero-order valence-electron chi connectivity index (χ0n) is 31.7. The third kappa shape index (κ3) is 7.71. The molecular weight excluding hydrogens is 812 g/mol. The first-order valence-corrected chi connectivity index (χ1v) is 21.4. The van der Waals surface area contributed by atoms with E-state index in [4.69, 9.17) is 28.3 Å². The van der Waals surface area contributed by atoms with Gasteiger partial charge in [0.2, 0.25) is 0 Å². The maximum Gasteiger partial charge on any atom is 0.339 e. The van der Waals surface area contributed by atoms with Crippen molar-refractivity contribution in [1.82, 2.24) is 39.0 Å². The Morgan fingerprint density at radius 1 is 0.915 bits per heavy atom. The molecule has 59 heavy (non-hydrogen) atoms. The van der Waals surface area contributed by atoms with Crippen LogP contribution in [-0.2, 0) is 32.2 Å². The maximum absolute atomic E-state index is 15.2. The van der Waals surface area contributed by atoms with Crippen LogP contribution in [0.25, 0.3) is 22.3 Å². The van der Waals surface area contributed by atoms with Crippen LogP contribution < -0.4 is 10.9 Å². The van der Waals surface area contributed by atoms with Gasteiger partial charge in [-0.25, -0.2) is 24.9 Å². The van der Waals surface area contributed by atoms with E-state index in [0.717, 1.165) is 0 Å². The van der Waals surface area contributed by atoms with E-state index in [2.05, 4.69) is 35.2 Å². The third-order valence-electron chi connectivity index (χ3n) is 10.6. The normalized spacial score (nSPS) is 26.3. The molecule has 24 heteroatoms. The molecule has 0 spiro atoms. The molecule has 0 saturated carbocycles. The number of carbonyl (C=O) groups is 1. The van der Waals surface area contributed by atoms with E-state index in [9.17, 15) is 29.4 Å². The topological polar surface area (TPSA) is 305 Å². The quantitative estimate of drug-likeness (QED) is 0.0815. The molecule has 5 aromatic rings. The van der Waals surface area contributed by atoms with Gasteiger partial charge in [0.25, 0.3) is 11.5 Å². The number of hydrogen-bond acceptors (Lipinski definition) is 17. The Morgan fingerprint density at radius 3 is 2.22 bits per heavy atom. The number of nitrogens with zero attached hydrogens (tertiary/aromatic N) is 9. The predicted octanol–water partition coefficient (Wildman–Crippen LogP) is 3.55. The van der Waals surface area contributed by atoms with E-state index < -0.39 is 74.8 Å². The van der Waals surface area contributed by atoms with Gasteiger partial charge in [0.1, 0.15) is 41.3 Å². The molecule has 310 valence electrons. The summed E-state index contributed by atoms with van der Waals surface area (Å²) in [6.07, 6.45) is -0.152. The predicted molar refractivity (Wildman–Crippen MR) is 205 cm³/mol. The first-order chi connectivity index (χ1) is 28.3. The summed E-state index contributed by atoms with van der Waals surface area (Å²) in [6, 6.07) is 12.3. The molecule has 6 unspecified atom stereocenters. The highest BCUT2D eigenvalue weighted by Gasteiger charge is 2.62. The second-order valence-electron chi connectivity index (χ2n) is 14.2. The first-order valence-electron chi connectivity index (χ1n) is 18.3. The monoisotopic (exact) mass is 851 g/mol. The van der Waals surface area contributed by atoms with Gasteiger partial charge in [0.05, 0.1) is 70.4 Å². The number of anilines is 1. The van der Waals surface area contributed by atoms with E-state index >= 15 is 4.57 Å². The van der Waals surface area contributed by atoms with Crippen LogP contribution in [0.5, 0.6) is 0 Å². The van der Waals surface area contributed by atoms with Crippen LogP contribution in [0.15, 0.2) is 60.4 Å². The van der Waals surface area contributed by atoms with Crippen LogP contribution in [0.3, 0.4) is 0 Å². The number of H-pyrrole nitrogens is 1. The smallest absolute Gasteiger partial charge is 0.339 e. The van der Waals surface area contributed by atoms with Crippen molar-refractivity contribution in [2.75, 3.05) is 31.7 Å². The number of nitriles is 2. The maximum atomic E-state index is 15.2. The molecule has 8 atom stereocenters. The summed E-state index contributed by atoms with van der Waals surface area (Å²) in [4.78, 5) is 60.6. The molecule has 0 bridgehead atoms. The van der Waals surface area contributed by atoms with E-state index in [1.165, 1.54) is 48.3 Å². The minimum absolute atomic E-state index is 0.0258.